The zero-order valence-electron chi connectivity index (χ0n) is 5.17. The van der Waals surface area contributed by atoms with Gasteiger partial charge in [-0.2, -0.15) is 0 Å². The van der Waals surface area contributed by atoms with Crippen LogP contribution in [0.3, 0.4) is 0 Å². The highest BCUT2D eigenvalue weighted by Gasteiger charge is 2.14. The van der Waals surface area contributed by atoms with E-state index in [0.717, 1.165) is 0 Å². The SMILES string of the molecule is CC(N)S(=O)(=O)CCBr. The molecule has 0 saturated heterocycles. The van der Waals surface area contributed by atoms with E-state index in [0.29, 0.717) is 5.33 Å². The Balaban J connectivity index is 4.05. The lowest BCUT2D eigenvalue weighted by Gasteiger charge is -2.03. The van der Waals surface area contributed by atoms with Gasteiger partial charge in [-0.1, -0.05) is 15.9 Å². The van der Waals surface area contributed by atoms with E-state index in [4.69, 9.17) is 5.73 Å². The van der Waals surface area contributed by atoms with E-state index < -0.39 is 15.2 Å². The molecule has 0 fully saturated rings. The monoisotopic (exact) mass is 215 g/mol. The smallest absolute Gasteiger partial charge is 0.166 e. The van der Waals surface area contributed by atoms with E-state index in [2.05, 4.69) is 15.9 Å². The minimum Gasteiger partial charge on any atom is -0.315 e. The van der Waals surface area contributed by atoms with E-state index in [-0.39, 0.29) is 5.75 Å². The molecule has 1 atom stereocenters. The van der Waals surface area contributed by atoms with Crippen molar-refractivity contribution in [3.63, 3.8) is 0 Å². The predicted molar refractivity (Wildman–Crippen MR) is 41.2 cm³/mol. The minimum atomic E-state index is -3.02. The summed E-state index contributed by atoms with van der Waals surface area (Å²) < 4.78 is 21.6. The lowest BCUT2D eigenvalue weighted by atomic mass is 10.8. The molecule has 0 rings (SSSR count). The molecule has 0 spiro atoms. The number of alkyl halides is 1. The van der Waals surface area contributed by atoms with Crippen molar-refractivity contribution in [2.75, 3.05) is 11.1 Å². The maximum atomic E-state index is 10.8. The van der Waals surface area contributed by atoms with Crippen molar-refractivity contribution in [3.8, 4) is 0 Å². The quantitative estimate of drug-likeness (QED) is 0.680. The number of sulfone groups is 1. The molecule has 0 aliphatic rings. The van der Waals surface area contributed by atoms with E-state index >= 15 is 0 Å². The van der Waals surface area contributed by atoms with Crippen molar-refractivity contribution in [2.45, 2.75) is 12.3 Å². The fourth-order valence-corrected chi connectivity index (χ4v) is 2.23. The lowest BCUT2D eigenvalue weighted by Crippen LogP contribution is -2.29. The normalized spacial score (nSPS) is 15.4. The first-order valence-corrected chi connectivity index (χ1v) is 5.37. The van der Waals surface area contributed by atoms with E-state index in [1.54, 1.807) is 0 Å². The van der Waals surface area contributed by atoms with Gasteiger partial charge in [-0.15, -0.1) is 0 Å². The molecular formula is C4H10BrNO2S. The average Bonchev–Trinajstić information content (AvgIpc) is 1.65. The second-order valence-corrected chi connectivity index (χ2v) is 5.03. The molecule has 0 saturated carbocycles. The standard InChI is InChI=1S/C4H10BrNO2S/c1-4(6)9(7,8)3-2-5/h4H,2-3,6H2,1H3. The van der Waals surface area contributed by atoms with Crippen molar-refractivity contribution in [3.05, 3.63) is 0 Å². The van der Waals surface area contributed by atoms with Crippen molar-refractivity contribution in [1.29, 1.82) is 0 Å². The summed E-state index contributed by atoms with van der Waals surface area (Å²) in [6.07, 6.45) is 0. The molecule has 0 radical (unpaired) electrons. The second kappa shape index (κ2) is 3.53. The summed E-state index contributed by atoms with van der Waals surface area (Å²) in [5.41, 5.74) is 5.15. The Kier molecular flexibility index (Phi) is 3.68. The Morgan fingerprint density at radius 3 is 2.22 bits per heavy atom. The molecule has 5 heteroatoms. The average molecular weight is 216 g/mol. The summed E-state index contributed by atoms with van der Waals surface area (Å²) in [5, 5.41) is -0.285. The van der Waals surface area contributed by atoms with Gasteiger partial charge in [0.25, 0.3) is 0 Å². The minimum absolute atomic E-state index is 0.116. The summed E-state index contributed by atoms with van der Waals surface area (Å²) in [7, 11) is -3.02. The number of hydrogen-bond donors (Lipinski definition) is 1. The first-order valence-electron chi connectivity index (χ1n) is 2.54. The van der Waals surface area contributed by atoms with Crippen molar-refractivity contribution >= 4 is 25.8 Å². The Bertz CT molecular complexity index is 163. The fraction of sp³-hybridized carbons (Fsp3) is 1.00. The van der Waals surface area contributed by atoms with Crippen LogP contribution in [0, 0.1) is 0 Å². The summed E-state index contributed by atoms with van der Waals surface area (Å²) in [6.45, 7) is 1.47. The van der Waals surface area contributed by atoms with Gasteiger partial charge in [0, 0.05) is 5.33 Å². The predicted octanol–water partition coefficient (Wildman–Crippen LogP) is 0.101. The Labute approximate surface area is 63.7 Å². The molecule has 0 bridgehead atoms. The second-order valence-electron chi connectivity index (χ2n) is 1.76. The van der Waals surface area contributed by atoms with Crippen molar-refractivity contribution in [2.24, 2.45) is 5.73 Å². The molecule has 0 aliphatic heterocycles. The fourth-order valence-electron chi connectivity index (χ4n) is 0.293. The van der Waals surface area contributed by atoms with E-state index in [1.807, 2.05) is 0 Å². The molecular weight excluding hydrogens is 206 g/mol. The van der Waals surface area contributed by atoms with Crippen LogP contribution in [0.15, 0.2) is 0 Å². The molecule has 56 valence electrons. The molecule has 9 heavy (non-hydrogen) atoms. The first kappa shape index (κ1) is 9.39. The highest BCUT2D eigenvalue weighted by atomic mass is 79.9. The van der Waals surface area contributed by atoms with Crippen LogP contribution >= 0.6 is 15.9 Å². The first-order chi connectivity index (χ1) is 4.00. The number of hydrogen-bond acceptors (Lipinski definition) is 3. The maximum absolute atomic E-state index is 10.8. The summed E-state index contributed by atoms with van der Waals surface area (Å²) in [6, 6.07) is 0. The molecule has 0 aromatic carbocycles. The topological polar surface area (TPSA) is 60.2 Å². The van der Waals surface area contributed by atoms with Crippen LogP contribution in [0.2, 0.25) is 0 Å². The number of nitrogens with two attached hydrogens (primary N) is 1. The van der Waals surface area contributed by atoms with Gasteiger partial charge in [0.05, 0.1) is 5.75 Å². The summed E-state index contributed by atoms with van der Waals surface area (Å²) in [4.78, 5) is 0. The van der Waals surface area contributed by atoms with Gasteiger partial charge in [-0.3, -0.25) is 0 Å². The largest absolute Gasteiger partial charge is 0.315 e. The van der Waals surface area contributed by atoms with Crippen LogP contribution < -0.4 is 5.73 Å². The number of halogens is 1. The van der Waals surface area contributed by atoms with Crippen LogP contribution in [0.5, 0.6) is 0 Å². The zero-order chi connectivity index (χ0) is 7.49. The molecule has 0 amide bonds. The Morgan fingerprint density at radius 2 is 2.11 bits per heavy atom. The van der Waals surface area contributed by atoms with Crippen LogP contribution in [-0.4, -0.2) is 24.9 Å². The molecule has 2 N–H and O–H groups in total. The van der Waals surface area contributed by atoms with Crippen molar-refractivity contribution in [1.82, 2.24) is 0 Å². The third-order valence-corrected chi connectivity index (χ3v) is 3.76. The third-order valence-electron chi connectivity index (χ3n) is 0.928. The van der Waals surface area contributed by atoms with Gasteiger partial charge in [0.15, 0.2) is 9.84 Å². The Morgan fingerprint density at radius 1 is 1.67 bits per heavy atom. The molecule has 1 unspecified atom stereocenters. The van der Waals surface area contributed by atoms with Crippen LogP contribution in [-0.2, 0) is 9.84 Å². The number of rotatable bonds is 3. The van der Waals surface area contributed by atoms with Gasteiger partial charge in [-0.05, 0) is 6.92 Å². The molecule has 0 aliphatic carbocycles. The van der Waals surface area contributed by atoms with Gasteiger partial charge >= 0.3 is 0 Å². The van der Waals surface area contributed by atoms with E-state index in [9.17, 15) is 8.42 Å². The summed E-state index contributed by atoms with van der Waals surface area (Å²) in [5.74, 6) is 0.116. The van der Waals surface area contributed by atoms with Crippen LogP contribution in [0.1, 0.15) is 6.92 Å². The zero-order valence-corrected chi connectivity index (χ0v) is 7.57. The molecule has 0 aromatic rings. The lowest BCUT2D eigenvalue weighted by molar-refractivity contribution is 0.587. The van der Waals surface area contributed by atoms with Crippen LogP contribution in [0.25, 0.3) is 0 Å². The third kappa shape index (κ3) is 3.17. The van der Waals surface area contributed by atoms with E-state index in [1.165, 1.54) is 6.92 Å². The van der Waals surface area contributed by atoms with Crippen LogP contribution in [0.4, 0.5) is 0 Å². The van der Waals surface area contributed by atoms with Gasteiger partial charge < -0.3 is 5.73 Å². The highest BCUT2D eigenvalue weighted by molar-refractivity contribution is 9.09. The Hall–Kier alpha value is 0.390. The molecule has 0 aromatic heterocycles. The van der Waals surface area contributed by atoms with Gasteiger partial charge in [0.1, 0.15) is 5.37 Å². The maximum Gasteiger partial charge on any atom is 0.166 e. The van der Waals surface area contributed by atoms with Crippen molar-refractivity contribution < 1.29 is 8.42 Å². The van der Waals surface area contributed by atoms with Gasteiger partial charge in [0.2, 0.25) is 0 Å². The highest BCUT2D eigenvalue weighted by Crippen LogP contribution is 1.96. The molecule has 3 nitrogen and oxygen atoms in total. The molecule has 0 heterocycles. The summed E-state index contributed by atoms with van der Waals surface area (Å²) >= 11 is 3.02. The van der Waals surface area contributed by atoms with Gasteiger partial charge in [-0.25, -0.2) is 8.42 Å².